The molecule has 2 atom stereocenters. The molecule has 0 bridgehead atoms. The molecule has 1 aromatic carbocycles. The second kappa shape index (κ2) is 10.1. The monoisotopic (exact) mass is 330 g/mol. The van der Waals surface area contributed by atoms with Crippen molar-refractivity contribution < 1.29 is 15.1 Å². The first-order valence-corrected chi connectivity index (χ1v) is 7.97. The number of hydrogen-bond donors (Lipinski definition) is 4. The van der Waals surface area contributed by atoms with Gasteiger partial charge in [0, 0.05) is 6.42 Å². The summed E-state index contributed by atoms with van der Waals surface area (Å²) in [6.07, 6.45) is 3.52. The Morgan fingerprint density at radius 1 is 1.24 bits per heavy atom. The third-order valence-electron chi connectivity index (χ3n) is 3.14. The number of hydroxylamine groups is 1. The molecular formula is C14H23N2O3PS. The number of carbonyl (C=O) groups is 1. The molecule has 0 radical (unpaired) electrons. The van der Waals surface area contributed by atoms with Gasteiger partial charge in [-0.05, 0) is 36.7 Å². The van der Waals surface area contributed by atoms with E-state index in [1.807, 2.05) is 24.3 Å². The quantitative estimate of drug-likeness (QED) is 0.184. The minimum absolute atomic E-state index is 0.0214. The number of carbonyl (C=O) groups excluding carboxylic acids is 1. The smallest absolute Gasteiger partial charge is 0.236 e. The summed E-state index contributed by atoms with van der Waals surface area (Å²) in [5.41, 5.74) is 2.56. The Morgan fingerprint density at radius 2 is 1.86 bits per heavy atom. The van der Waals surface area contributed by atoms with Crippen LogP contribution in [-0.4, -0.2) is 22.4 Å². The number of benzene rings is 1. The fourth-order valence-corrected chi connectivity index (χ4v) is 2.32. The molecule has 118 valence electrons. The van der Waals surface area contributed by atoms with Crippen molar-refractivity contribution in [2.75, 3.05) is 4.31 Å². The second-order valence-corrected chi connectivity index (χ2v) is 5.96. The van der Waals surface area contributed by atoms with Crippen molar-refractivity contribution in [3.8, 4) is 0 Å². The SMILES string of the molecule is O=C(CCCCCCC(O)NO)N(S)c1ccc(P)cc1. The number of thiol groups is 1. The van der Waals surface area contributed by atoms with Crippen LogP contribution in [-0.2, 0) is 4.79 Å². The largest absolute Gasteiger partial charge is 0.377 e. The van der Waals surface area contributed by atoms with Crippen LogP contribution in [0.4, 0.5) is 5.69 Å². The average molecular weight is 330 g/mol. The Morgan fingerprint density at radius 3 is 2.48 bits per heavy atom. The molecule has 0 saturated heterocycles. The third kappa shape index (κ3) is 7.25. The van der Waals surface area contributed by atoms with Crippen LogP contribution < -0.4 is 15.1 Å². The summed E-state index contributed by atoms with van der Waals surface area (Å²) in [5.74, 6) is -0.0214. The second-order valence-electron chi connectivity index (χ2n) is 4.89. The molecule has 5 nitrogen and oxygen atoms in total. The fraction of sp³-hybridized carbons (Fsp3) is 0.500. The van der Waals surface area contributed by atoms with Gasteiger partial charge in [-0.3, -0.25) is 9.10 Å². The maximum Gasteiger partial charge on any atom is 0.236 e. The summed E-state index contributed by atoms with van der Waals surface area (Å²) >= 11 is 4.24. The van der Waals surface area contributed by atoms with Crippen LogP contribution in [0.15, 0.2) is 24.3 Å². The summed E-state index contributed by atoms with van der Waals surface area (Å²) in [4.78, 5) is 12.0. The van der Waals surface area contributed by atoms with Gasteiger partial charge in [0.25, 0.3) is 0 Å². The molecule has 0 saturated carbocycles. The van der Waals surface area contributed by atoms with Crippen molar-refractivity contribution in [2.24, 2.45) is 0 Å². The van der Waals surface area contributed by atoms with Gasteiger partial charge < -0.3 is 10.3 Å². The number of unbranched alkanes of at least 4 members (excludes halogenated alkanes) is 3. The Kier molecular flexibility index (Phi) is 8.88. The fourth-order valence-electron chi connectivity index (χ4n) is 1.90. The highest BCUT2D eigenvalue weighted by atomic mass is 32.1. The molecule has 1 aromatic rings. The van der Waals surface area contributed by atoms with E-state index < -0.39 is 6.23 Å². The molecular weight excluding hydrogens is 307 g/mol. The summed E-state index contributed by atoms with van der Waals surface area (Å²) in [5, 5.41) is 18.6. The summed E-state index contributed by atoms with van der Waals surface area (Å²) in [6.45, 7) is 0. The highest BCUT2D eigenvalue weighted by molar-refractivity contribution is 7.82. The zero-order valence-corrected chi connectivity index (χ0v) is 14.0. The number of anilines is 1. The van der Waals surface area contributed by atoms with Gasteiger partial charge in [0.2, 0.25) is 5.91 Å². The van der Waals surface area contributed by atoms with Crippen molar-refractivity contribution in [1.82, 2.24) is 5.48 Å². The first-order chi connectivity index (χ1) is 10.0. The summed E-state index contributed by atoms with van der Waals surface area (Å²) in [7, 11) is 2.60. The summed E-state index contributed by atoms with van der Waals surface area (Å²) < 4.78 is 1.38. The number of rotatable bonds is 9. The standard InChI is InChI=1S/C14H23N2O3PS/c17-13(15-19)5-3-1-2-4-6-14(18)16(21)11-7-9-12(20)10-8-11/h7-10,13,15,17,19,21H,1-6,20H2. The van der Waals surface area contributed by atoms with Gasteiger partial charge in [-0.1, -0.05) is 37.8 Å². The number of hydrogen-bond acceptors (Lipinski definition) is 5. The van der Waals surface area contributed by atoms with E-state index in [2.05, 4.69) is 22.1 Å². The molecule has 0 aliphatic carbocycles. The third-order valence-corrected chi connectivity index (χ3v) is 3.98. The zero-order chi connectivity index (χ0) is 15.7. The predicted octanol–water partition coefficient (Wildman–Crippen LogP) is 2.00. The van der Waals surface area contributed by atoms with E-state index in [1.54, 1.807) is 5.48 Å². The highest BCUT2D eigenvalue weighted by Gasteiger charge is 2.11. The van der Waals surface area contributed by atoms with Crippen molar-refractivity contribution in [3.63, 3.8) is 0 Å². The molecule has 1 rings (SSSR count). The van der Waals surface area contributed by atoms with E-state index in [9.17, 15) is 4.79 Å². The van der Waals surface area contributed by atoms with Gasteiger partial charge in [0.1, 0.15) is 6.23 Å². The van der Waals surface area contributed by atoms with Crippen molar-refractivity contribution >= 4 is 39.0 Å². The molecule has 1 amide bonds. The van der Waals surface area contributed by atoms with E-state index in [-0.39, 0.29) is 5.91 Å². The van der Waals surface area contributed by atoms with Gasteiger partial charge in [-0.25, -0.2) is 0 Å². The van der Waals surface area contributed by atoms with Crippen LogP contribution in [0, 0.1) is 0 Å². The molecule has 0 aliphatic heterocycles. The lowest BCUT2D eigenvalue weighted by molar-refractivity contribution is -0.117. The highest BCUT2D eigenvalue weighted by Crippen LogP contribution is 2.18. The molecule has 0 aliphatic rings. The van der Waals surface area contributed by atoms with E-state index in [4.69, 9.17) is 10.3 Å². The number of nitrogens with zero attached hydrogens (tertiary/aromatic N) is 1. The number of nitrogens with one attached hydrogen (secondary N) is 1. The molecule has 0 fully saturated rings. The predicted molar refractivity (Wildman–Crippen MR) is 90.9 cm³/mol. The molecule has 0 heterocycles. The Hall–Kier alpha value is -0.650. The van der Waals surface area contributed by atoms with Crippen LogP contribution in [0.25, 0.3) is 0 Å². The van der Waals surface area contributed by atoms with Crippen LogP contribution in [0.5, 0.6) is 0 Å². The van der Waals surface area contributed by atoms with Crippen LogP contribution in [0.2, 0.25) is 0 Å². The summed E-state index contributed by atoms with van der Waals surface area (Å²) in [6, 6.07) is 7.54. The van der Waals surface area contributed by atoms with Crippen molar-refractivity contribution in [1.29, 1.82) is 0 Å². The van der Waals surface area contributed by atoms with E-state index in [0.717, 1.165) is 36.7 Å². The van der Waals surface area contributed by atoms with Crippen molar-refractivity contribution in [3.05, 3.63) is 24.3 Å². The normalized spacial score (nSPS) is 12.2. The first kappa shape index (κ1) is 18.4. The minimum Gasteiger partial charge on any atom is -0.377 e. The van der Waals surface area contributed by atoms with Gasteiger partial charge >= 0.3 is 0 Å². The molecule has 3 N–H and O–H groups in total. The lowest BCUT2D eigenvalue weighted by Crippen LogP contribution is -2.24. The van der Waals surface area contributed by atoms with E-state index in [1.165, 1.54) is 4.31 Å². The lowest BCUT2D eigenvalue weighted by atomic mass is 10.1. The lowest BCUT2D eigenvalue weighted by Gasteiger charge is -2.15. The topological polar surface area (TPSA) is 72.8 Å². The molecule has 0 aromatic heterocycles. The minimum atomic E-state index is -0.862. The number of amides is 1. The molecule has 21 heavy (non-hydrogen) atoms. The van der Waals surface area contributed by atoms with Crippen molar-refractivity contribution in [2.45, 2.75) is 44.8 Å². The maximum absolute atomic E-state index is 12.0. The number of aliphatic hydroxyl groups is 1. The van der Waals surface area contributed by atoms with Crippen LogP contribution >= 0.6 is 22.1 Å². The average Bonchev–Trinajstić information content (AvgIpc) is 2.50. The number of aliphatic hydroxyl groups excluding tert-OH is 1. The van der Waals surface area contributed by atoms with Gasteiger partial charge in [0.15, 0.2) is 0 Å². The molecule has 7 heteroatoms. The Bertz CT molecular complexity index is 431. The van der Waals surface area contributed by atoms with E-state index >= 15 is 0 Å². The van der Waals surface area contributed by atoms with Crippen LogP contribution in [0.1, 0.15) is 38.5 Å². The van der Waals surface area contributed by atoms with Gasteiger partial charge in [0.05, 0.1) is 5.69 Å². The van der Waals surface area contributed by atoms with E-state index in [0.29, 0.717) is 12.8 Å². The zero-order valence-electron chi connectivity index (χ0n) is 11.9. The maximum atomic E-state index is 12.0. The molecule has 0 spiro atoms. The van der Waals surface area contributed by atoms with Gasteiger partial charge in [-0.2, -0.15) is 5.48 Å². The Labute approximate surface area is 133 Å². The molecule has 2 unspecified atom stereocenters. The van der Waals surface area contributed by atoms with Crippen LogP contribution in [0.3, 0.4) is 0 Å². The van der Waals surface area contributed by atoms with Gasteiger partial charge in [-0.15, -0.1) is 9.24 Å². The first-order valence-electron chi connectivity index (χ1n) is 6.99. The Balaban J connectivity index is 2.20.